The fraction of sp³-hybridized carbons (Fsp3) is 0.143. The van der Waals surface area contributed by atoms with Gasteiger partial charge in [-0.3, -0.25) is 4.98 Å². The molecule has 1 heterocycles. The number of rotatable bonds is 4. The zero-order valence-electron chi connectivity index (χ0n) is 10.6. The Labute approximate surface area is 111 Å². The summed E-state index contributed by atoms with van der Waals surface area (Å²) in [5.74, 6) is 0.748. The van der Waals surface area contributed by atoms with Crippen LogP contribution < -0.4 is 10.5 Å². The van der Waals surface area contributed by atoms with Crippen molar-refractivity contribution in [2.45, 2.75) is 13.5 Å². The Kier molecular flexibility index (Phi) is 3.97. The van der Waals surface area contributed by atoms with E-state index in [1.807, 2.05) is 37.3 Å². The Balaban J connectivity index is 2.16. The van der Waals surface area contributed by atoms with E-state index in [1.165, 1.54) is 0 Å². The molecular weight excluding hydrogens is 242 g/mol. The van der Waals surface area contributed by atoms with Gasteiger partial charge in [0.15, 0.2) is 5.84 Å². The number of benzene rings is 1. The second kappa shape index (κ2) is 5.86. The molecule has 1 aromatic heterocycles. The second-order valence-electron chi connectivity index (χ2n) is 4.10. The minimum absolute atomic E-state index is 0.0246. The van der Waals surface area contributed by atoms with Crippen molar-refractivity contribution in [2.24, 2.45) is 10.9 Å². The molecule has 0 radical (unpaired) electrons. The van der Waals surface area contributed by atoms with E-state index < -0.39 is 0 Å². The molecule has 0 saturated carbocycles. The zero-order valence-corrected chi connectivity index (χ0v) is 10.6. The van der Waals surface area contributed by atoms with Crippen LogP contribution in [0.5, 0.6) is 5.75 Å². The molecule has 1 aromatic carbocycles. The molecule has 0 saturated heterocycles. The Hall–Kier alpha value is -2.56. The van der Waals surface area contributed by atoms with Crippen molar-refractivity contribution in [3.8, 4) is 5.75 Å². The first-order valence-corrected chi connectivity index (χ1v) is 5.82. The van der Waals surface area contributed by atoms with Gasteiger partial charge in [-0.25, -0.2) is 0 Å². The van der Waals surface area contributed by atoms with E-state index >= 15 is 0 Å². The third-order valence-corrected chi connectivity index (χ3v) is 2.63. The molecule has 0 spiro atoms. The normalized spacial score (nSPS) is 11.3. The molecule has 2 aromatic rings. The number of nitrogens with zero attached hydrogens (tertiary/aromatic N) is 2. The van der Waals surface area contributed by atoms with E-state index in [1.54, 1.807) is 12.3 Å². The van der Waals surface area contributed by atoms with E-state index in [4.69, 9.17) is 15.7 Å². The summed E-state index contributed by atoms with van der Waals surface area (Å²) in [5, 5.41) is 11.7. The third kappa shape index (κ3) is 3.22. The van der Waals surface area contributed by atoms with E-state index in [9.17, 15) is 0 Å². The quantitative estimate of drug-likeness (QED) is 0.380. The lowest BCUT2D eigenvalue weighted by atomic mass is 10.2. The van der Waals surface area contributed by atoms with Gasteiger partial charge in [0.2, 0.25) is 0 Å². The largest absolute Gasteiger partial charge is 0.489 e. The van der Waals surface area contributed by atoms with E-state index in [-0.39, 0.29) is 5.84 Å². The maximum Gasteiger partial charge on any atom is 0.189 e. The summed E-state index contributed by atoms with van der Waals surface area (Å²) >= 11 is 0. The molecule has 19 heavy (non-hydrogen) atoms. The first-order chi connectivity index (χ1) is 9.20. The number of aromatic nitrogens is 1. The smallest absolute Gasteiger partial charge is 0.189 e. The third-order valence-electron chi connectivity index (χ3n) is 2.63. The van der Waals surface area contributed by atoms with Gasteiger partial charge in [0.1, 0.15) is 18.1 Å². The van der Waals surface area contributed by atoms with Crippen molar-refractivity contribution >= 4 is 5.84 Å². The highest BCUT2D eigenvalue weighted by molar-refractivity contribution is 5.96. The number of oxime groups is 1. The highest BCUT2D eigenvalue weighted by Crippen LogP contribution is 2.15. The average Bonchev–Trinajstić information content (AvgIpc) is 2.45. The molecule has 0 fully saturated rings. The molecule has 0 amide bonds. The van der Waals surface area contributed by atoms with Gasteiger partial charge in [-0.1, -0.05) is 23.4 Å². The van der Waals surface area contributed by atoms with Crippen LogP contribution in [-0.4, -0.2) is 16.0 Å². The first-order valence-electron chi connectivity index (χ1n) is 5.82. The molecule has 0 aliphatic carbocycles. The standard InChI is InChI=1S/C14H15N3O2/c1-10-4-2-6-12(8-10)19-9-11-5-3-7-16-13(11)14(15)17-18/h2-8,18H,9H2,1H3,(H2,15,17). The average molecular weight is 257 g/mol. The van der Waals surface area contributed by atoms with Gasteiger partial charge < -0.3 is 15.7 Å². The monoisotopic (exact) mass is 257 g/mol. The Morgan fingerprint density at radius 1 is 1.37 bits per heavy atom. The lowest BCUT2D eigenvalue weighted by molar-refractivity contribution is 0.304. The minimum Gasteiger partial charge on any atom is -0.489 e. The van der Waals surface area contributed by atoms with Crippen LogP contribution in [0.4, 0.5) is 0 Å². The molecule has 0 aliphatic heterocycles. The molecule has 0 atom stereocenters. The predicted octanol–water partition coefficient (Wildman–Crippen LogP) is 2.06. The van der Waals surface area contributed by atoms with Crippen molar-refractivity contribution in [3.63, 3.8) is 0 Å². The SMILES string of the molecule is Cc1cccc(OCc2cccnc2C(N)=NO)c1. The van der Waals surface area contributed by atoms with Crippen LogP contribution in [0.1, 0.15) is 16.8 Å². The molecule has 5 nitrogen and oxygen atoms in total. The van der Waals surface area contributed by atoms with Crippen LogP contribution in [0.3, 0.4) is 0 Å². The number of pyridine rings is 1. The Bertz CT molecular complexity index is 597. The number of ether oxygens (including phenoxy) is 1. The summed E-state index contributed by atoms with van der Waals surface area (Å²) in [5.41, 5.74) is 7.89. The predicted molar refractivity (Wildman–Crippen MR) is 72.3 cm³/mol. The molecule has 2 rings (SSSR count). The van der Waals surface area contributed by atoms with E-state index in [2.05, 4.69) is 10.1 Å². The van der Waals surface area contributed by atoms with Crippen LogP contribution in [0.15, 0.2) is 47.8 Å². The van der Waals surface area contributed by atoms with Crippen molar-refractivity contribution in [2.75, 3.05) is 0 Å². The van der Waals surface area contributed by atoms with Crippen molar-refractivity contribution in [1.82, 2.24) is 4.98 Å². The minimum atomic E-state index is -0.0246. The zero-order chi connectivity index (χ0) is 13.7. The topological polar surface area (TPSA) is 80.7 Å². The van der Waals surface area contributed by atoms with Gasteiger partial charge in [0.25, 0.3) is 0 Å². The lowest BCUT2D eigenvalue weighted by Gasteiger charge is -2.09. The number of hydrogen-bond donors (Lipinski definition) is 2. The highest BCUT2D eigenvalue weighted by atomic mass is 16.5. The molecule has 0 bridgehead atoms. The molecule has 5 heteroatoms. The summed E-state index contributed by atoms with van der Waals surface area (Å²) in [6, 6.07) is 11.4. The van der Waals surface area contributed by atoms with Crippen LogP contribution in [-0.2, 0) is 6.61 Å². The summed E-state index contributed by atoms with van der Waals surface area (Å²) < 4.78 is 5.68. The molecular formula is C14H15N3O2. The van der Waals surface area contributed by atoms with Crippen molar-refractivity contribution in [3.05, 3.63) is 59.4 Å². The second-order valence-corrected chi connectivity index (χ2v) is 4.10. The van der Waals surface area contributed by atoms with Gasteiger partial charge in [0.05, 0.1) is 0 Å². The van der Waals surface area contributed by atoms with Crippen LogP contribution in [0.2, 0.25) is 0 Å². The molecule has 3 N–H and O–H groups in total. The number of aryl methyl sites for hydroxylation is 1. The Morgan fingerprint density at radius 2 is 2.21 bits per heavy atom. The van der Waals surface area contributed by atoms with Gasteiger partial charge in [-0.2, -0.15) is 0 Å². The highest BCUT2D eigenvalue weighted by Gasteiger charge is 2.08. The van der Waals surface area contributed by atoms with E-state index in [0.29, 0.717) is 12.3 Å². The van der Waals surface area contributed by atoms with Gasteiger partial charge >= 0.3 is 0 Å². The number of hydrogen-bond acceptors (Lipinski definition) is 4. The van der Waals surface area contributed by atoms with Gasteiger partial charge in [0, 0.05) is 11.8 Å². The summed E-state index contributed by atoms with van der Waals surface area (Å²) in [4.78, 5) is 4.08. The fourth-order valence-corrected chi connectivity index (χ4v) is 1.70. The van der Waals surface area contributed by atoms with Crippen LogP contribution in [0.25, 0.3) is 0 Å². The van der Waals surface area contributed by atoms with Gasteiger partial charge in [-0.15, -0.1) is 0 Å². The maximum absolute atomic E-state index is 8.72. The summed E-state index contributed by atoms with van der Waals surface area (Å²) in [6.07, 6.45) is 1.59. The first kappa shape index (κ1) is 12.9. The Morgan fingerprint density at radius 3 is 2.95 bits per heavy atom. The lowest BCUT2D eigenvalue weighted by Crippen LogP contribution is -2.18. The van der Waals surface area contributed by atoms with Crippen LogP contribution >= 0.6 is 0 Å². The maximum atomic E-state index is 8.72. The molecule has 98 valence electrons. The molecule has 0 aliphatic rings. The summed E-state index contributed by atoms with van der Waals surface area (Å²) in [6.45, 7) is 2.31. The fourth-order valence-electron chi connectivity index (χ4n) is 1.70. The van der Waals surface area contributed by atoms with Crippen molar-refractivity contribution in [1.29, 1.82) is 0 Å². The van der Waals surface area contributed by atoms with Crippen molar-refractivity contribution < 1.29 is 9.94 Å². The number of amidine groups is 1. The number of nitrogens with two attached hydrogens (primary N) is 1. The van der Waals surface area contributed by atoms with E-state index in [0.717, 1.165) is 16.9 Å². The molecule has 0 unspecified atom stereocenters. The summed E-state index contributed by atoms with van der Waals surface area (Å²) in [7, 11) is 0. The van der Waals surface area contributed by atoms with Crippen LogP contribution in [0, 0.1) is 6.92 Å². The van der Waals surface area contributed by atoms with Gasteiger partial charge in [-0.05, 0) is 30.7 Å².